The lowest BCUT2D eigenvalue weighted by molar-refractivity contribution is 0.0947. The van der Waals surface area contributed by atoms with Crippen molar-refractivity contribution in [1.82, 2.24) is 5.32 Å². The molecule has 1 fully saturated rings. The predicted octanol–water partition coefficient (Wildman–Crippen LogP) is 0.824. The van der Waals surface area contributed by atoms with E-state index in [1.807, 2.05) is 12.1 Å². The molecule has 0 saturated carbocycles. The summed E-state index contributed by atoms with van der Waals surface area (Å²) < 4.78 is 10.1. The average molecular weight is 207 g/mol. The molecule has 4 nitrogen and oxygen atoms in total. The molecular formula is C11H13NO3. The Kier molecular flexibility index (Phi) is 2.87. The second kappa shape index (κ2) is 4.31. The molecule has 1 aromatic rings. The van der Waals surface area contributed by atoms with Crippen molar-refractivity contribution < 1.29 is 14.3 Å². The number of carbonyl (C=O) groups excluding carboxylic acids is 1. The molecular weight excluding hydrogens is 194 g/mol. The summed E-state index contributed by atoms with van der Waals surface area (Å²) in [6, 6.07) is 7.15. The van der Waals surface area contributed by atoms with Gasteiger partial charge in [0.05, 0.1) is 25.4 Å². The van der Waals surface area contributed by atoms with Crippen LogP contribution in [0.4, 0.5) is 0 Å². The van der Waals surface area contributed by atoms with Crippen molar-refractivity contribution in [2.24, 2.45) is 0 Å². The first-order chi connectivity index (χ1) is 7.31. The quantitative estimate of drug-likeness (QED) is 0.744. The van der Waals surface area contributed by atoms with Crippen LogP contribution in [0.25, 0.3) is 0 Å². The van der Waals surface area contributed by atoms with Gasteiger partial charge in [-0.1, -0.05) is 12.1 Å². The number of rotatable bonds is 4. The Balaban J connectivity index is 2.02. The van der Waals surface area contributed by atoms with E-state index in [0.29, 0.717) is 17.9 Å². The van der Waals surface area contributed by atoms with E-state index >= 15 is 0 Å². The minimum absolute atomic E-state index is 0.122. The smallest absolute Gasteiger partial charge is 0.255 e. The molecule has 1 N–H and O–H groups in total. The highest BCUT2D eigenvalue weighted by Gasteiger charge is 2.23. The van der Waals surface area contributed by atoms with Crippen molar-refractivity contribution >= 4 is 5.91 Å². The number of nitrogens with one attached hydrogen (secondary N) is 1. The molecule has 2 rings (SSSR count). The van der Waals surface area contributed by atoms with E-state index in [1.165, 1.54) is 0 Å². The van der Waals surface area contributed by atoms with Crippen LogP contribution in [-0.2, 0) is 4.74 Å². The SMILES string of the molecule is COc1ccccc1C(=O)NC[C@@H]1CO1. The van der Waals surface area contributed by atoms with Gasteiger partial charge in [-0.2, -0.15) is 0 Å². The van der Waals surface area contributed by atoms with E-state index in [4.69, 9.17) is 9.47 Å². The Hall–Kier alpha value is -1.55. The lowest BCUT2D eigenvalue weighted by atomic mass is 10.2. The van der Waals surface area contributed by atoms with E-state index in [-0.39, 0.29) is 12.0 Å². The Labute approximate surface area is 88.2 Å². The van der Waals surface area contributed by atoms with E-state index in [9.17, 15) is 4.79 Å². The first kappa shape index (κ1) is 9.98. The molecule has 1 aliphatic heterocycles. The molecule has 1 amide bonds. The molecule has 0 spiro atoms. The standard InChI is InChI=1S/C11H13NO3/c1-14-10-5-3-2-4-9(10)11(13)12-6-8-7-15-8/h2-5,8H,6-7H2,1H3,(H,12,13)/t8-/m1/s1. The van der Waals surface area contributed by atoms with Crippen molar-refractivity contribution in [3.05, 3.63) is 29.8 Å². The number of epoxide rings is 1. The van der Waals surface area contributed by atoms with Gasteiger partial charge in [-0.3, -0.25) is 4.79 Å². The van der Waals surface area contributed by atoms with Gasteiger partial charge in [0.25, 0.3) is 5.91 Å². The molecule has 0 unspecified atom stereocenters. The normalized spacial score (nSPS) is 18.3. The maximum Gasteiger partial charge on any atom is 0.255 e. The van der Waals surface area contributed by atoms with Crippen LogP contribution >= 0.6 is 0 Å². The summed E-state index contributed by atoms with van der Waals surface area (Å²) in [4.78, 5) is 11.7. The third-order valence-electron chi connectivity index (χ3n) is 2.24. The van der Waals surface area contributed by atoms with Crippen LogP contribution in [0.5, 0.6) is 5.75 Å². The number of carbonyl (C=O) groups is 1. The number of benzene rings is 1. The Morgan fingerprint density at radius 1 is 1.60 bits per heavy atom. The summed E-state index contributed by atoms with van der Waals surface area (Å²) in [6.07, 6.45) is 0.198. The van der Waals surface area contributed by atoms with Gasteiger partial charge in [0.2, 0.25) is 0 Å². The predicted molar refractivity (Wildman–Crippen MR) is 55.1 cm³/mol. The van der Waals surface area contributed by atoms with Gasteiger partial charge in [0, 0.05) is 6.54 Å². The minimum Gasteiger partial charge on any atom is -0.496 e. The van der Waals surface area contributed by atoms with Gasteiger partial charge >= 0.3 is 0 Å². The van der Waals surface area contributed by atoms with E-state index in [2.05, 4.69) is 5.32 Å². The van der Waals surface area contributed by atoms with Crippen molar-refractivity contribution in [3.63, 3.8) is 0 Å². The summed E-state index contributed by atoms with van der Waals surface area (Å²) in [5.41, 5.74) is 0.556. The van der Waals surface area contributed by atoms with Crippen molar-refractivity contribution in [2.75, 3.05) is 20.3 Å². The zero-order chi connectivity index (χ0) is 10.7. The lowest BCUT2D eigenvalue weighted by Crippen LogP contribution is -2.27. The number of ether oxygens (including phenoxy) is 2. The highest BCUT2D eigenvalue weighted by atomic mass is 16.6. The zero-order valence-electron chi connectivity index (χ0n) is 8.53. The summed E-state index contributed by atoms with van der Waals surface area (Å²) >= 11 is 0. The minimum atomic E-state index is -0.122. The molecule has 1 heterocycles. The van der Waals surface area contributed by atoms with Crippen LogP contribution in [0.3, 0.4) is 0 Å². The first-order valence-electron chi connectivity index (χ1n) is 4.84. The number of amides is 1. The van der Waals surface area contributed by atoms with Gasteiger partial charge < -0.3 is 14.8 Å². The zero-order valence-corrected chi connectivity index (χ0v) is 8.53. The van der Waals surface area contributed by atoms with Crippen LogP contribution in [0, 0.1) is 0 Å². The van der Waals surface area contributed by atoms with Crippen LogP contribution in [0.15, 0.2) is 24.3 Å². The van der Waals surface area contributed by atoms with E-state index < -0.39 is 0 Å². The summed E-state index contributed by atoms with van der Waals surface area (Å²) in [6.45, 7) is 1.31. The fraction of sp³-hybridized carbons (Fsp3) is 0.364. The van der Waals surface area contributed by atoms with Gasteiger partial charge in [0.1, 0.15) is 5.75 Å². The van der Waals surface area contributed by atoms with Gasteiger partial charge in [-0.15, -0.1) is 0 Å². The average Bonchev–Trinajstić information content (AvgIpc) is 3.09. The lowest BCUT2D eigenvalue weighted by Gasteiger charge is -2.07. The number of hydrogen-bond donors (Lipinski definition) is 1. The molecule has 1 aromatic carbocycles. The molecule has 1 saturated heterocycles. The molecule has 4 heteroatoms. The molecule has 0 bridgehead atoms. The van der Waals surface area contributed by atoms with Crippen molar-refractivity contribution in [2.45, 2.75) is 6.10 Å². The number of hydrogen-bond acceptors (Lipinski definition) is 3. The second-order valence-corrected chi connectivity index (χ2v) is 3.37. The summed E-state index contributed by atoms with van der Waals surface area (Å²) in [5, 5.41) is 2.79. The molecule has 0 aromatic heterocycles. The largest absolute Gasteiger partial charge is 0.496 e. The van der Waals surface area contributed by atoms with Crippen molar-refractivity contribution in [3.8, 4) is 5.75 Å². The van der Waals surface area contributed by atoms with Gasteiger partial charge in [0.15, 0.2) is 0 Å². The van der Waals surface area contributed by atoms with Crippen LogP contribution < -0.4 is 10.1 Å². The van der Waals surface area contributed by atoms with E-state index in [0.717, 1.165) is 6.61 Å². The van der Waals surface area contributed by atoms with Crippen LogP contribution in [-0.4, -0.2) is 32.3 Å². The topological polar surface area (TPSA) is 50.9 Å². The number of para-hydroxylation sites is 1. The molecule has 0 aliphatic carbocycles. The first-order valence-corrected chi connectivity index (χ1v) is 4.84. The maximum atomic E-state index is 11.7. The van der Waals surface area contributed by atoms with Crippen LogP contribution in [0.1, 0.15) is 10.4 Å². The van der Waals surface area contributed by atoms with Gasteiger partial charge in [-0.25, -0.2) is 0 Å². The number of methoxy groups -OCH3 is 1. The molecule has 1 atom stereocenters. The van der Waals surface area contributed by atoms with Crippen LogP contribution in [0.2, 0.25) is 0 Å². The monoisotopic (exact) mass is 207 g/mol. The highest BCUT2D eigenvalue weighted by molar-refractivity contribution is 5.96. The third kappa shape index (κ3) is 2.47. The second-order valence-electron chi connectivity index (χ2n) is 3.37. The Morgan fingerprint density at radius 2 is 2.33 bits per heavy atom. The highest BCUT2D eigenvalue weighted by Crippen LogP contribution is 2.17. The summed E-state index contributed by atoms with van der Waals surface area (Å²) in [7, 11) is 1.55. The van der Waals surface area contributed by atoms with Gasteiger partial charge in [-0.05, 0) is 12.1 Å². The van der Waals surface area contributed by atoms with Crippen molar-refractivity contribution in [1.29, 1.82) is 0 Å². The maximum absolute atomic E-state index is 11.7. The Bertz CT molecular complexity index is 361. The fourth-order valence-electron chi connectivity index (χ4n) is 1.32. The molecule has 80 valence electrons. The molecule has 15 heavy (non-hydrogen) atoms. The fourth-order valence-corrected chi connectivity index (χ4v) is 1.32. The summed E-state index contributed by atoms with van der Waals surface area (Å²) in [5.74, 6) is 0.467. The molecule has 0 radical (unpaired) electrons. The Morgan fingerprint density at radius 3 is 3.00 bits per heavy atom. The third-order valence-corrected chi connectivity index (χ3v) is 2.24. The molecule has 1 aliphatic rings. The van der Waals surface area contributed by atoms with E-state index in [1.54, 1.807) is 19.2 Å².